The average Bonchev–Trinajstić information content (AvgIpc) is 2.77. The van der Waals surface area contributed by atoms with Crippen molar-refractivity contribution < 1.29 is 37.0 Å². The summed E-state index contributed by atoms with van der Waals surface area (Å²) in [4.78, 5) is 26.5. The summed E-state index contributed by atoms with van der Waals surface area (Å²) in [7, 11) is 0. The summed E-state index contributed by atoms with van der Waals surface area (Å²) >= 11 is 0. The van der Waals surface area contributed by atoms with Crippen molar-refractivity contribution in [3.63, 3.8) is 0 Å². The van der Waals surface area contributed by atoms with Gasteiger partial charge in [-0.05, 0) is 23.8 Å². The number of fused-ring (bicyclic) bond motifs is 1. The van der Waals surface area contributed by atoms with Crippen molar-refractivity contribution in [2.75, 3.05) is 0 Å². The van der Waals surface area contributed by atoms with Crippen LogP contribution in [-0.2, 0) is 0 Å². The Morgan fingerprint density at radius 2 is 1.39 bits per heavy atom. The first-order valence-corrected chi connectivity index (χ1v) is 9.63. The van der Waals surface area contributed by atoms with E-state index in [2.05, 4.69) is 10.1 Å². The van der Waals surface area contributed by atoms with Crippen LogP contribution in [0.15, 0.2) is 78.5 Å². The Balaban J connectivity index is 1.80. The molecule has 0 aromatic heterocycles. The molecule has 3 aromatic carbocycles. The van der Waals surface area contributed by atoms with E-state index in [9.17, 15) is 32.3 Å². The Morgan fingerprint density at radius 1 is 0.818 bits per heavy atom. The Bertz CT molecular complexity index is 1270. The van der Waals surface area contributed by atoms with Crippen LogP contribution < -0.4 is 10.1 Å². The zero-order chi connectivity index (χ0) is 23.8. The molecule has 9 heteroatoms. The van der Waals surface area contributed by atoms with Crippen molar-refractivity contribution in [3.8, 4) is 5.75 Å². The van der Waals surface area contributed by atoms with E-state index in [0.29, 0.717) is 0 Å². The third kappa shape index (κ3) is 4.49. The minimum absolute atomic E-state index is 0.0755. The van der Waals surface area contributed by atoms with Crippen LogP contribution in [0.3, 0.4) is 0 Å². The molecule has 5 nitrogen and oxygen atoms in total. The van der Waals surface area contributed by atoms with E-state index in [1.165, 1.54) is 42.5 Å². The highest BCUT2D eigenvalue weighted by Crippen LogP contribution is 2.34. The first-order chi connectivity index (χ1) is 15.7. The summed E-state index contributed by atoms with van der Waals surface area (Å²) in [5.41, 5.74) is -0.352. The van der Waals surface area contributed by atoms with Crippen molar-refractivity contribution >= 4 is 17.1 Å². The number of ether oxygens (including phenoxy) is 1. The highest BCUT2D eigenvalue weighted by molar-refractivity contribution is 6.40. The number of rotatable bonds is 5. The van der Waals surface area contributed by atoms with Crippen molar-refractivity contribution in [2.24, 2.45) is 0 Å². The summed E-state index contributed by atoms with van der Waals surface area (Å²) < 4.78 is 55.4. The Labute approximate surface area is 184 Å². The van der Waals surface area contributed by atoms with Gasteiger partial charge in [-0.25, -0.2) is 4.39 Å². The number of halogens is 4. The van der Waals surface area contributed by atoms with Gasteiger partial charge in [-0.1, -0.05) is 54.6 Å². The predicted octanol–water partition coefficient (Wildman–Crippen LogP) is 4.80. The molecule has 3 aromatic rings. The monoisotopic (exact) mass is 457 g/mol. The second-order valence-electron chi connectivity index (χ2n) is 7.09. The molecule has 0 radical (unpaired) electrons. The normalized spacial score (nSPS) is 14.7. The van der Waals surface area contributed by atoms with E-state index in [1.54, 1.807) is 12.1 Å². The summed E-state index contributed by atoms with van der Waals surface area (Å²) in [5.74, 6) is -2.46. The zero-order valence-electron chi connectivity index (χ0n) is 16.7. The Morgan fingerprint density at radius 3 is 2.00 bits per heavy atom. The SMILES string of the molecule is O=C1C(NC(O)c2ccccc2F)=C(c2ccc(OC(F)(F)F)cc2)C(=O)c2ccccc21. The minimum atomic E-state index is -4.90. The standard InChI is InChI=1S/C24H15F4NO4/c25-18-8-4-3-7-17(18)23(32)29-20-19(13-9-11-14(12-10-13)33-24(26,27)28)21(30)15-5-1-2-6-16(15)22(20)31/h1-12,23,29,32H. The fourth-order valence-electron chi connectivity index (χ4n) is 3.52. The number of nitrogens with one attached hydrogen (secondary N) is 1. The van der Waals surface area contributed by atoms with Gasteiger partial charge in [0.25, 0.3) is 0 Å². The number of hydrogen-bond donors (Lipinski definition) is 2. The molecular formula is C24H15F4NO4. The first kappa shape index (κ1) is 22.2. The van der Waals surface area contributed by atoms with Crippen LogP contribution in [-0.4, -0.2) is 23.0 Å². The zero-order valence-corrected chi connectivity index (χ0v) is 16.7. The van der Waals surface area contributed by atoms with Crippen LogP contribution in [0.1, 0.15) is 38.1 Å². The van der Waals surface area contributed by atoms with Crippen LogP contribution in [0.25, 0.3) is 5.57 Å². The van der Waals surface area contributed by atoms with Crippen LogP contribution in [0.5, 0.6) is 5.75 Å². The van der Waals surface area contributed by atoms with Crippen molar-refractivity contribution in [2.45, 2.75) is 12.6 Å². The lowest BCUT2D eigenvalue weighted by molar-refractivity contribution is -0.274. The molecule has 0 fully saturated rings. The molecule has 4 rings (SSSR count). The third-order valence-electron chi connectivity index (χ3n) is 4.98. The van der Waals surface area contributed by atoms with Crippen LogP contribution in [0, 0.1) is 5.82 Å². The molecule has 0 saturated carbocycles. The van der Waals surface area contributed by atoms with Gasteiger partial charge >= 0.3 is 6.36 Å². The van der Waals surface area contributed by atoms with E-state index in [-0.39, 0.29) is 33.5 Å². The summed E-state index contributed by atoms with van der Waals surface area (Å²) in [5, 5.41) is 13.1. The second kappa shape index (κ2) is 8.51. The molecule has 33 heavy (non-hydrogen) atoms. The summed E-state index contributed by atoms with van der Waals surface area (Å²) in [6.45, 7) is 0. The average molecular weight is 457 g/mol. The number of alkyl halides is 3. The molecular weight excluding hydrogens is 442 g/mol. The van der Waals surface area contributed by atoms with Crippen LogP contribution in [0.2, 0.25) is 0 Å². The van der Waals surface area contributed by atoms with Gasteiger partial charge in [0, 0.05) is 16.7 Å². The molecule has 1 atom stereocenters. The van der Waals surface area contributed by atoms with E-state index < -0.39 is 35.7 Å². The lowest BCUT2D eigenvalue weighted by Gasteiger charge is -2.25. The largest absolute Gasteiger partial charge is 0.573 e. The maximum absolute atomic E-state index is 14.1. The Hall–Kier alpha value is -3.98. The Kier molecular flexibility index (Phi) is 5.73. The van der Waals surface area contributed by atoms with Gasteiger partial charge in [0.1, 0.15) is 11.6 Å². The first-order valence-electron chi connectivity index (χ1n) is 9.63. The lowest BCUT2D eigenvalue weighted by atomic mass is 9.84. The van der Waals surface area contributed by atoms with Gasteiger partial charge in [-0.3, -0.25) is 9.59 Å². The van der Waals surface area contributed by atoms with Crippen molar-refractivity contribution in [3.05, 3.63) is 107 Å². The number of allylic oxidation sites excluding steroid dienone is 2. The molecule has 1 aliphatic carbocycles. The van der Waals surface area contributed by atoms with Gasteiger partial charge in [-0.2, -0.15) is 0 Å². The minimum Gasteiger partial charge on any atom is -0.406 e. The van der Waals surface area contributed by atoms with Gasteiger partial charge in [0.2, 0.25) is 5.78 Å². The number of aliphatic hydroxyl groups excluding tert-OH is 1. The number of carbonyl (C=O) groups excluding carboxylic acids is 2. The molecule has 1 aliphatic rings. The van der Waals surface area contributed by atoms with Crippen molar-refractivity contribution in [1.82, 2.24) is 5.32 Å². The maximum atomic E-state index is 14.1. The highest BCUT2D eigenvalue weighted by atomic mass is 19.4. The fourth-order valence-corrected chi connectivity index (χ4v) is 3.52. The smallest absolute Gasteiger partial charge is 0.406 e. The maximum Gasteiger partial charge on any atom is 0.573 e. The summed E-state index contributed by atoms with van der Waals surface area (Å²) in [6, 6.07) is 15.7. The van der Waals surface area contributed by atoms with Gasteiger partial charge in [0.05, 0.1) is 11.3 Å². The van der Waals surface area contributed by atoms with E-state index in [1.807, 2.05) is 0 Å². The molecule has 168 valence electrons. The quantitative estimate of drug-likeness (QED) is 0.426. The van der Waals surface area contributed by atoms with Gasteiger partial charge in [-0.15, -0.1) is 13.2 Å². The van der Waals surface area contributed by atoms with E-state index >= 15 is 0 Å². The topological polar surface area (TPSA) is 75.6 Å². The predicted molar refractivity (Wildman–Crippen MR) is 110 cm³/mol. The molecule has 0 spiro atoms. The molecule has 1 unspecified atom stereocenters. The molecule has 0 saturated heterocycles. The molecule has 2 N–H and O–H groups in total. The molecule has 0 heterocycles. The van der Waals surface area contributed by atoms with E-state index in [4.69, 9.17) is 0 Å². The number of hydrogen-bond acceptors (Lipinski definition) is 5. The number of benzene rings is 3. The number of carbonyl (C=O) groups is 2. The highest BCUT2D eigenvalue weighted by Gasteiger charge is 2.35. The van der Waals surface area contributed by atoms with Gasteiger partial charge < -0.3 is 15.2 Å². The molecule has 0 amide bonds. The molecule has 0 aliphatic heterocycles. The fraction of sp³-hybridized carbons (Fsp3) is 0.0833. The summed E-state index contributed by atoms with van der Waals surface area (Å²) in [6.07, 6.45) is -6.57. The van der Waals surface area contributed by atoms with E-state index in [0.717, 1.165) is 18.2 Å². The van der Waals surface area contributed by atoms with Crippen LogP contribution >= 0.6 is 0 Å². The number of ketones is 2. The number of aliphatic hydroxyl groups is 1. The number of Topliss-reactive ketones (excluding diaryl/α,β-unsaturated/α-hetero) is 2. The van der Waals surface area contributed by atoms with Crippen molar-refractivity contribution in [1.29, 1.82) is 0 Å². The van der Waals surface area contributed by atoms with Gasteiger partial charge in [0.15, 0.2) is 12.0 Å². The van der Waals surface area contributed by atoms with Crippen LogP contribution in [0.4, 0.5) is 17.6 Å². The lowest BCUT2D eigenvalue weighted by Crippen LogP contribution is -2.32. The third-order valence-corrected chi connectivity index (χ3v) is 4.98. The molecule has 0 bridgehead atoms. The second-order valence-corrected chi connectivity index (χ2v) is 7.09.